The second-order valence-corrected chi connectivity index (χ2v) is 6.52. The average molecular weight is 318 g/mol. The van der Waals surface area contributed by atoms with Gasteiger partial charge in [0, 0.05) is 22.8 Å². The van der Waals surface area contributed by atoms with Crippen LogP contribution >= 0.6 is 11.6 Å². The number of hydrogen-bond acceptors (Lipinski definition) is 3. The first-order valence-corrected chi connectivity index (χ1v) is 7.91. The van der Waals surface area contributed by atoms with Gasteiger partial charge in [0.15, 0.2) is 5.82 Å². The van der Waals surface area contributed by atoms with Crippen LogP contribution in [0.25, 0.3) is 0 Å². The molecule has 0 bridgehead atoms. The number of aromatic nitrogens is 2. The highest BCUT2D eigenvalue weighted by Gasteiger charge is 2.11. The normalized spacial score (nSPS) is 11.6. The van der Waals surface area contributed by atoms with Crippen LogP contribution in [-0.2, 0) is 16.6 Å². The van der Waals surface area contributed by atoms with Crippen LogP contribution in [0.2, 0.25) is 5.02 Å². The monoisotopic (exact) mass is 317 g/mol. The van der Waals surface area contributed by atoms with E-state index in [1.54, 1.807) is 12.3 Å². The highest BCUT2D eigenvalue weighted by Crippen LogP contribution is 2.20. The second-order valence-electron chi connectivity index (χ2n) is 4.10. The molecule has 0 aliphatic rings. The van der Waals surface area contributed by atoms with Crippen molar-refractivity contribution in [2.24, 2.45) is 0 Å². The van der Waals surface area contributed by atoms with E-state index in [-0.39, 0.29) is 18.1 Å². The van der Waals surface area contributed by atoms with Crippen molar-refractivity contribution in [1.82, 2.24) is 9.78 Å². The van der Waals surface area contributed by atoms with Crippen molar-refractivity contribution in [3.63, 3.8) is 0 Å². The lowest BCUT2D eigenvalue weighted by atomic mass is 10.2. The summed E-state index contributed by atoms with van der Waals surface area (Å²) in [7, 11) is -3.37. The molecular weight excluding hydrogens is 305 g/mol. The van der Waals surface area contributed by atoms with Crippen molar-refractivity contribution in [3.8, 4) is 0 Å². The fraction of sp³-hybridized carbons (Fsp3) is 0.250. The van der Waals surface area contributed by atoms with Crippen molar-refractivity contribution < 1.29 is 12.8 Å². The highest BCUT2D eigenvalue weighted by molar-refractivity contribution is 7.92. The summed E-state index contributed by atoms with van der Waals surface area (Å²) >= 11 is 5.92. The molecule has 0 radical (unpaired) electrons. The first-order valence-electron chi connectivity index (χ1n) is 5.88. The molecule has 2 rings (SSSR count). The van der Waals surface area contributed by atoms with E-state index in [1.807, 2.05) is 0 Å². The molecule has 0 aliphatic heterocycles. The zero-order chi connectivity index (χ0) is 14.8. The lowest BCUT2D eigenvalue weighted by Gasteiger charge is -2.06. The summed E-state index contributed by atoms with van der Waals surface area (Å²) in [5, 5.41) is 4.32. The maximum Gasteiger partial charge on any atom is 0.233 e. The summed E-state index contributed by atoms with van der Waals surface area (Å²) in [6, 6.07) is 5.92. The summed E-state index contributed by atoms with van der Waals surface area (Å²) in [6.07, 6.45) is 1.55. The third kappa shape index (κ3) is 3.49. The third-order valence-corrected chi connectivity index (χ3v) is 4.30. The fourth-order valence-electron chi connectivity index (χ4n) is 1.58. The van der Waals surface area contributed by atoms with Crippen LogP contribution in [0.4, 0.5) is 10.2 Å². The van der Waals surface area contributed by atoms with Crippen LogP contribution in [0.1, 0.15) is 12.5 Å². The number of rotatable bonds is 5. The minimum absolute atomic E-state index is 0.0427. The number of nitrogens with zero attached hydrogens (tertiary/aromatic N) is 2. The van der Waals surface area contributed by atoms with Crippen LogP contribution in [0, 0.1) is 5.82 Å². The van der Waals surface area contributed by atoms with E-state index >= 15 is 0 Å². The van der Waals surface area contributed by atoms with Crippen molar-refractivity contribution in [2.45, 2.75) is 13.5 Å². The van der Waals surface area contributed by atoms with E-state index in [0.29, 0.717) is 10.6 Å². The van der Waals surface area contributed by atoms with Crippen molar-refractivity contribution in [3.05, 3.63) is 46.9 Å². The van der Waals surface area contributed by atoms with Gasteiger partial charge in [0.25, 0.3) is 0 Å². The Hall–Kier alpha value is -1.60. The molecule has 20 heavy (non-hydrogen) atoms. The maximum atomic E-state index is 13.6. The second kappa shape index (κ2) is 5.80. The summed E-state index contributed by atoms with van der Waals surface area (Å²) in [5.41, 5.74) is 0.308. The molecule has 1 aromatic heterocycles. The van der Waals surface area contributed by atoms with E-state index in [2.05, 4.69) is 9.82 Å². The zero-order valence-corrected chi connectivity index (χ0v) is 12.2. The topological polar surface area (TPSA) is 64.0 Å². The summed E-state index contributed by atoms with van der Waals surface area (Å²) < 4.78 is 40.2. The van der Waals surface area contributed by atoms with E-state index < -0.39 is 15.8 Å². The fourth-order valence-corrected chi connectivity index (χ4v) is 2.38. The van der Waals surface area contributed by atoms with Crippen LogP contribution in [0.5, 0.6) is 0 Å². The molecule has 2 aromatic rings. The van der Waals surface area contributed by atoms with Crippen molar-refractivity contribution in [2.75, 3.05) is 10.5 Å². The summed E-state index contributed by atoms with van der Waals surface area (Å²) in [4.78, 5) is 0. The Morgan fingerprint density at radius 2 is 2.15 bits per heavy atom. The van der Waals surface area contributed by atoms with Crippen LogP contribution in [0.15, 0.2) is 30.5 Å². The lowest BCUT2D eigenvalue weighted by Crippen LogP contribution is -2.15. The van der Waals surface area contributed by atoms with Gasteiger partial charge >= 0.3 is 0 Å². The third-order valence-electron chi connectivity index (χ3n) is 2.66. The van der Waals surface area contributed by atoms with Gasteiger partial charge in [-0.2, -0.15) is 5.10 Å². The molecule has 1 heterocycles. The van der Waals surface area contributed by atoms with E-state index in [1.165, 1.54) is 29.8 Å². The summed E-state index contributed by atoms with van der Waals surface area (Å²) in [6.45, 7) is 1.65. The molecule has 0 saturated heterocycles. The highest BCUT2D eigenvalue weighted by atomic mass is 35.5. The van der Waals surface area contributed by atoms with Gasteiger partial charge in [0.2, 0.25) is 10.0 Å². The Morgan fingerprint density at radius 3 is 2.80 bits per heavy atom. The lowest BCUT2D eigenvalue weighted by molar-refractivity contribution is 0.585. The molecule has 0 atom stereocenters. The minimum atomic E-state index is -3.37. The number of halogens is 2. The maximum absolute atomic E-state index is 13.6. The largest absolute Gasteiger partial charge is 0.266 e. The molecule has 5 nitrogen and oxygen atoms in total. The Morgan fingerprint density at radius 1 is 1.40 bits per heavy atom. The molecule has 0 fully saturated rings. The van der Waals surface area contributed by atoms with Crippen molar-refractivity contribution in [1.29, 1.82) is 0 Å². The standard InChI is InChI=1S/C12H13ClFN3O2S/c1-2-20(18,19)16-12-6-7-17(15-12)8-9-10(13)4-3-5-11(9)14/h3-7H,2,8H2,1H3,(H,15,16). The minimum Gasteiger partial charge on any atom is -0.266 e. The SMILES string of the molecule is CCS(=O)(=O)Nc1ccn(Cc2c(F)cccc2Cl)n1. The molecule has 1 N–H and O–H groups in total. The first kappa shape index (κ1) is 14.8. The Labute approximate surface area is 121 Å². The van der Waals surface area contributed by atoms with Crippen LogP contribution < -0.4 is 4.72 Å². The molecule has 1 aromatic carbocycles. The van der Waals surface area contributed by atoms with Crippen molar-refractivity contribution >= 4 is 27.4 Å². The van der Waals surface area contributed by atoms with Crippen LogP contribution in [-0.4, -0.2) is 24.0 Å². The number of anilines is 1. The summed E-state index contributed by atoms with van der Waals surface area (Å²) in [5.74, 6) is -0.276. The molecule has 0 aliphatic carbocycles. The molecule has 0 saturated carbocycles. The molecule has 0 spiro atoms. The number of nitrogens with one attached hydrogen (secondary N) is 1. The van der Waals surface area contributed by atoms with Gasteiger partial charge in [-0.25, -0.2) is 12.8 Å². The van der Waals surface area contributed by atoms with Gasteiger partial charge in [0.1, 0.15) is 5.82 Å². The van der Waals surface area contributed by atoms with Gasteiger partial charge < -0.3 is 0 Å². The predicted molar refractivity (Wildman–Crippen MR) is 75.8 cm³/mol. The Balaban J connectivity index is 2.18. The predicted octanol–water partition coefficient (Wildman–Crippen LogP) is 2.49. The van der Waals surface area contributed by atoms with Gasteiger partial charge in [0.05, 0.1) is 12.3 Å². The Bertz CT molecular complexity index is 695. The van der Waals surface area contributed by atoms with Gasteiger partial charge in [-0.3, -0.25) is 9.40 Å². The molecule has 0 unspecified atom stereocenters. The van der Waals surface area contributed by atoms with E-state index in [9.17, 15) is 12.8 Å². The smallest absolute Gasteiger partial charge is 0.233 e. The van der Waals surface area contributed by atoms with Gasteiger partial charge in [-0.05, 0) is 19.1 Å². The Kier molecular flexibility index (Phi) is 4.29. The molecule has 108 valence electrons. The van der Waals surface area contributed by atoms with E-state index in [4.69, 9.17) is 11.6 Å². The van der Waals surface area contributed by atoms with Crippen LogP contribution in [0.3, 0.4) is 0 Å². The van der Waals surface area contributed by atoms with Gasteiger partial charge in [-0.1, -0.05) is 17.7 Å². The molecular formula is C12H13ClFN3O2S. The zero-order valence-electron chi connectivity index (χ0n) is 10.7. The first-order chi connectivity index (χ1) is 9.41. The quantitative estimate of drug-likeness (QED) is 0.921. The molecule has 8 heteroatoms. The number of sulfonamides is 1. The van der Waals surface area contributed by atoms with Gasteiger partial charge in [-0.15, -0.1) is 0 Å². The average Bonchev–Trinajstić information content (AvgIpc) is 2.81. The number of hydrogen-bond donors (Lipinski definition) is 1. The number of benzene rings is 1. The van der Waals surface area contributed by atoms with E-state index in [0.717, 1.165) is 0 Å². The molecule has 0 amide bonds.